The number of methoxy groups -OCH3 is 2. The summed E-state index contributed by atoms with van der Waals surface area (Å²) in [6.07, 6.45) is 1.51. The topological polar surface area (TPSA) is 55.8 Å². The highest BCUT2D eigenvalue weighted by Gasteiger charge is 2.14. The summed E-state index contributed by atoms with van der Waals surface area (Å²) in [5.41, 5.74) is 2.13. The number of esters is 2. The van der Waals surface area contributed by atoms with E-state index in [-0.39, 0.29) is 12.0 Å². The van der Waals surface area contributed by atoms with Gasteiger partial charge in [-0.1, -0.05) is 12.1 Å². The molecule has 0 atom stereocenters. The highest BCUT2D eigenvalue weighted by molar-refractivity contribution is 5.98. The predicted molar refractivity (Wildman–Crippen MR) is 77.4 cm³/mol. The van der Waals surface area contributed by atoms with Crippen LogP contribution in [0.2, 0.25) is 0 Å². The van der Waals surface area contributed by atoms with Gasteiger partial charge in [-0.15, -0.1) is 0 Å². The van der Waals surface area contributed by atoms with Crippen molar-refractivity contribution in [2.24, 2.45) is 0 Å². The molecule has 0 bridgehead atoms. The Morgan fingerprint density at radius 2 is 1.70 bits per heavy atom. The van der Waals surface area contributed by atoms with Crippen LogP contribution in [0.3, 0.4) is 0 Å². The van der Waals surface area contributed by atoms with Crippen LogP contribution < -0.4 is 4.90 Å². The van der Waals surface area contributed by atoms with Crippen molar-refractivity contribution in [1.29, 1.82) is 0 Å². The Labute approximate surface area is 118 Å². The number of rotatable bonds is 5. The van der Waals surface area contributed by atoms with E-state index in [1.54, 1.807) is 6.08 Å². The van der Waals surface area contributed by atoms with Gasteiger partial charge in [0.15, 0.2) is 0 Å². The van der Waals surface area contributed by atoms with E-state index in [2.05, 4.69) is 9.47 Å². The molecule has 0 saturated carbocycles. The average molecular weight is 277 g/mol. The average Bonchev–Trinajstić information content (AvgIpc) is 2.46. The van der Waals surface area contributed by atoms with Crippen molar-refractivity contribution in [2.45, 2.75) is 6.42 Å². The maximum Gasteiger partial charge on any atom is 0.334 e. The Morgan fingerprint density at radius 1 is 1.10 bits per heavy atom. The molecule has 20 heavy (non-hydrogen) atoms. The van der Waals surface area contributed by atoms with Crippen LogP contribution in [0.15, 0.2) is 29.8 Å². The summed E-state index contributed by atoms with van der Waals surface area (Å²) in [7, 11) is 6.45. The highest BCUT2D eigenvalue weighted by Crippen LogP contribution is 2.16. The molecule has 0 aliphatic rings. The largest absolute Gasteiger partial charge is 0.469 e. The molecule has 0 aliphatic carbocycles. The Balaban J connectivity index is 2.99. The second-order valence-corrected chi connectivity index (χ2v) is 4.40. The molecule has 0 N–H and O–H groups in total. The van der Waals surface area contributed by atoms with Crippen LogP contribution in [0, 0.1) is 0 Å². The number of anilines is 1. The van der Waals surface area contributed by atoms with E-state index in [1.165, 1.54) is 14.2 Å². The van der Waals surface area contributed by atoms with Crippen LogP contribution in [-0.2, 0) is 19.1 Å². The fourth-order valence-electron chi connectivity index (χ4n) is 1.61. The third-order valence-electron chi connectivity index (χ3n) is 2.76. The molecular formula is C15H19NO4. The van der Waals surface area contributed by atoms with Crippen LogP contribution in [0.25, 0.3) is 6.08 Å². The van der Waals surface area contributed by atoms with Gasteiger partial charge in [0, 0.05) is 25.4 Å². The van der Waals surface area contributed by atoms with Gasteiger partial charge in [-0.25, -0.2) is 4.79 Å². The van der Waals surface area contributed by atoms with Crippen LogP contribution in [0.5, 0.6) is 0 Å². The standard InChI is InChI=1S/C15H19NO4/c1-16(2)13-7-5-11(6-8-13)9-12(15(18)20-4)10-14(17)19-3/h5-9H,10H2,1-4H3. The summed E-state index contributed by atoms with van der Waals surface area (Å²) in [4.78, 5) is 24.9. The van der Waals surface area contributed by atoms with Gasteiger partial charge in [0.05, 0.1) is 20.6 Å². The third-order valence-corrected chi connectivity index (χ3v) is 2.76. The third kappa shape index (κ3) is 4.42. The monoisotopic (exact) mass is 277 g/mol. The predicted octanol–water partition coefficient (Wildman–Crippen LogP) is 1.87. The minimum absolute atomic E-state index is 0.112. The van der Waals surface area contributed by atoms with E-state index in [0.29, 0.717) is 0 Å². The summed E-state index contributed by atoms with van der Waals surface area (Å²) in [5, 5.41) is 0. The maximum absolute atomic E-state index is 11.6. The SMILES string of the molecule is COC(=O)CC(=Cc1ccc(N(C)C)cc1)C(=O)OC. The van der Waals surface area contributed by atoms with E-state index in [0.717, 1.165) is 11.3 Å². The number of hydrogen-bond acceptors (Lipinski definition) is 5. The smallest absolute Gasteiger partial charge is 0.334 e. The van der Waals surface area contributed by atoms with E-state index < -0.39 is 11.9 Å². The molecule has 0 radical (unpaired) electrons. The molecular weight excluding hydrogens is 258 g/mol. The van der Waals surface area contributed by atoms with Crippen molar-refractivity contribution in [3.05, 3.63) is 35.4 Å². The second kappa shape index (κ2) is 7.33. The summed E-state index contributed by atoms with van der Waals surface area (Å²) in [6.45, 7) is 0. The molecule has 0 heterocycles. The fraction of sp³-hybridized carbons (Fsp3) is 0.333. The molecule has 0 unspecified atom stereocenters. The zero-order valence-corrected chi connectivity index (χ0v) is 12.2. The molecule has 1 aromatic rings. The van der Waals surface area contributed by atoms with Crippen LogP contribution in [-0.4, -0.2) is 40.3 Å². The van der Waals surface area contributed by atoms with Gasteiger partial charge in [0.2, 0.25) is 0 Å². The number of ether oxygens (including phenoxy) is 2. The van der Waals surface area contributed by atoms with Gasteiger partial charge in [0.25, 0.3) is 0 Å². The van der Waals surface area contributed by atoms with Gasteiger partial charge in [0.1, 0.15) is 0 Å². The maximum atomic E-state index is 11.6. The van der Waals surface area contributed by atoms with E-state index in [1.807, 2.05) is 43.3 Å². The fourth-order valence-corrected chi connectivity index (χ4v) is 1.61. The lowest BCUT2D eigenvalue weighted by Crippen LogP contribution is -2.11. The summed E-state index contributed by atoms with van der Waals surface area (Å²) in [6, 6.07) is 7.60. The molecule has 5 heteroatoms. The summed E-state index contributed by atoms with van der Waals surface area (Å²) >= 11 is 0. The van der Waals surface area contributed by atoms with Crippen molar-refractivity contribution < 1.29 is 19.1 Å². The first-order chi connectivity index (χ1) is 9.47. The normalized spacial score (nSPS) is 10.9. The Bertz CT molecular complexity index is 503. The quantitative estimate of drug-likeness (QED) is 0.607. The molecule has 1 aromatic carbocycles. The van der Waals surface area contributed by atoms with Crippen molar-refractivity contribution in [1.82, 2.24) is 0 Å². The molecule has 0 aromatic heterocycles. The van der Waals surface area contributed by atoms with Crippen molar-refractivity contribution in [3.8, 4) is 0 Å². The number of nitrogens with zero attached hydrogens (tertiary/aromatic N) is 1. The zero-order chi connectivity index (χ0) is 15.1. The number of benzene rings is 1. The lowest BCUT2D eigenvalue weighted by atomic mass is 10.1. The van der Waals surface area contributed by atoms with Gasteiger partial charge in [-0.2, -0.15) is 0 Å². The van der Waals surface area contributed by atoms with Gasteiger partial charge >= 0.3 is 11.9 Å². The molecule has 0 aliphatic heterocycles. The number of hydrogen-bond donors (Lipinski definition) is 0. The Morgan fingerprint density at radius 3 is 2.15 bits per heavy atom. The molecule has 0 fully saturated rings. The van der Waals surface area contributed by atoms with Crippen LogP contribution in [0.4, 0.5) is 5.69 Å². The minimum atomic E-state index is -0.535. The Kier molecular flexibility index (Phi) is 5.77. The number of carbonyl (C=O) groups is 2. The first kappa shape index (κ1) is 15.8. The van der Waals surface area contributed by atoms with Gasteiger partial charge in [-0.05, 0) is 23.8 Å². The molecule has 1 rings (SSSR count). The molecule has 0 saturated heterocycles. The molecule has 0 amide bonds. The van der Waals surface area contributed by atoms with E-state index >= 15 is 0 Å². The zero-order valence-electron chi connectivity index (χ0n) is 12.2. The lowest BCUT2D eigenvalue weighted by Gasteiger charge is -2.12. The van der Waals surface area contributed by atoms with Crippen molar-refractivity contribution >= 4 is 23.7 Å². The first-order valence-corrected chi connectivity index (χ1v) is 6.11. The van der Waals surface area contributed by atoms with Gasteiger partial charge < -0.3 is 14.4 Å². The molecule has 108 valence electrons. The first-order valence-electron chi connectivity index (χ1n) is 6.11. The second-order valence-electron chi connectivity index (χ2n) is 4.40. The van der Waals surface area contributed by atoms with Crippen LogP contribution >= 0.6 is 0 Å². The lowest BCUT2D eigenvalue weighted by molar-refractivity contribution is -0.143. The summed E-state index contributed by atoms with van der Waals surface area (Å²) < 4.78 is 9.24. The van der Waals surface area contributed by atoms with Crippen LogP contribution in [0.1, 0.15) is 12.0 Å². The van der Waals surface area contributed by atoms with E-state index in [4.69, 9.17) is 0 Å². The molecule has 0 spiro atoms. The van der Waals surface area contributed by atoms with E-state index in [9.17, 15) is 9.59 Å². The number of carbonyl (C=O) groups excluding carboxylic acids is 2. The molecule has 5 nitrogen and oxygen atoms in total. The van der Waals surface area contributed by atoms with Crippen molar-refractivity contribution in [3.63, 3.8) is 0 Å². The highest BCUT2D eigenvalue weighted by atomic mass is 16.5. The van der Waals surface area contributed by atoms with Gasteiger partial charge in [-0.3, -0.25) is 4.79 Å². The summed E-state index contributed by atoms with van der Waals surface area (Å²) in [5.74, 6) is -1.02. The minimum Gasteiger partial charge on any atom is -0.469 e. The van der Waals surface area contributed by atoms with Crippen molar-refractivity contribution in [2.75, 3.05) is 33.2 Å². The Hall–Kier alpha value is -2.30.